The summed E-state index contributed by atoms with van der Waals surface area (Å²) in [6.07, 6.45) is 6.48. The molecule has 27 heavy (non-hydrogen) atoms. The monoisotopic (exact) mass is 361 g/mol. The Labute approximate surface area is 158 Å². The first kappa shape index (κ1) is 17.3. The summed E-state index contributed by atoms with van der Waals surface area (Å²) in [4.78, 5) is 12.2. The van der Waals surface area contributed by atoms with Gasteiger partial charge in [0.2, 0.25) is 5.91 Å². The van der Waals surface area contributed by atoms with Crippen molar-refractivity contribution in [2.45, 2.75) is 38.6 Å². The van der Waals surface area contributed by atoms with Gasteiger partial charge < -0.3 is 9.67 Å². The van der Waals surface area contributed by atoms with Gasteiger partial charge >= 0.3 is 0 Å². The normalized spacial score (nSPS) is 13.8. The molecule has 1 amide bonds. The average molecular weight is 361 g/mol. The lowest BCUT2D eigenvalue weighted by Gasteiger charge is -2.15. The van der Waals surface area contributed by atoms with Gasteiger partial charge in [0.15, 0.2) is 0 Å². The van der Waals surface area contributed by atoms with Crippen molar-refractivity contribution in [3.8, 4) is 5.75 Å². The van der Waals surface area contributed by atoms with E-state index in [1.807, 2.05) is 6.07 Å². The number of amides is 1. The van der Waals surface area contributed by atoms with Crippen molar-refractivity contribution in [1.29, 1.82) is 0 Å². The maximum Gasteiger partial charge on any atom is 0.241 e. The number of aromatic nitrogens is 1. The molecule has 0 fully saturated rings. The second-order valence-electron chi connectivity index (χ2n) is 6.90. The number of aryl methyl sites for hydroxylation is 2. The van der Waals surface area contributed by atoms with Crippen LogP contribution in [-0.2, 0) is 24.2 Å². The third kappa shape index (κ3) is 3.58. The zero-order valence-corrected chi connectivity index (χ0v) is 15.2. The highest BCUT2D eigenvalue weighted by molar-refractivity contribution is 5.87. The number of para-hydroxylation sites is 2. The first-order valence-corrected chi connectivity index (χ1v) is 9.43. The summed E-state index contributed by atoms with van der Waals surface area (Å²) in [6.45, 7) is 0.647. The summed E-state index contributed by atoms with van der Waals surface area (Å²) in [7, 11) is 0. The summed E-state index contributed by atoms with van der Waals surface area (Å²) in [6, 6.07) is 15.3. The number of nitrogens with zero attached hydrogens (tertiary/aromatic N) is 2. The van der Waals surface area contributed by atoms with Crippen LogP contribution in [0.15, 0.2) is 53.6 Å². The molecular weight excluding hydrogens is 338 g/mol. The minimum absolute atomic E-state index is 0.135. The van der Waals surface area contributed by atoms with Gasteiger partial charge in [0.05, 0.1) is 6.21 Å². The number of hydrogen-bond acceptors (Lipinski definition) is 3. The van der Waals surface area contributed by atoms with Gasteiger partial charge in [-0.2, -0.15) is 5.10 Å². The molecule has 1 heterocycles. The molecule has 0 unspecified atom stereocenters. The van der Waals surface area contributed by atoms with Crippen LogP contribution in [-0.4, -0.2) is 21.8 Å². The van der Waals surface area contributed by atoms with Crippen LogP contribution in [0.2, 0.25) is 0 Å². The van der Waals surface area contributed by atoms with E-state index in [9.17, 15) is 9.90 Å². The van der Waals surface area contributed by atoms with Crippen molar-refractivity contribution in [2.75, 3.05) is 0 Å². The fourth-order valence-electron chi connectivity index (χ4n) is 3.88. The molecule has 0 atom stereocenters. The highest BCUT2D eigenvalue weighted by Crippen LogP contribution is 2.32. The topological polar surface area (TPSA) is 66.6 Å². The van der Waals surface area contributed by atoms with Gasteiger partial charge in [0.25, 0.3) is 0 Å². The predicted molar refractivity (Wildman–Crippen MR) is 107 cm³/mol. The number of aromatic hydroxyl groups is 1. The molecule has 0 radical (unpaired) electrons. The molecule has 0 saturated heterocycles. The number of phenols is 1. The lowest BCUT2D eigenvalue weighted by Crippen LogP contribution is -2.20. The fourth-order valence-corrected chi connectivity index (χ4v) is 3.88. The molecule has 1 aromatic heterocycles. The van der Waals surface area contributed by atoms with E-state index in [0.717, 1.165) is 12.8 Å². The molecule has 0 saturated carbocycles. The number of fused-ring (bicyclic) bond motifs is 3. The maximum atomic E-state index is 12.2. The highest BCUT2D eigenvalue weighted by Gasteiger charge is 2.19. The van der Waals surface area contributed by atoms with Gasteiger partial charge in [0.1, 0.15) is 5.75 Å². The van der Waals surface area contributed by atoms with E-state index in [1.165, 1.54) is 41.2 Å². The van der Waals surface area contributed by atoms with E-state index >= 15 is 0 Å². The molecule has 2 aromatic carbocycles. The Balaban J connectivity index is 1.44. The molecule has 2 N–H and O–H groups in total. The first-order valence-electron chi connectivity index (χ1n) is 9.43. The molecule has 4 rings (SSSR count). The Morgan fingerprint density at radius 2 is 1.89 bits per heavy atom. The lowest BCUT2D eigenvalue weighted by molar-refractivity contribution is -0.121. The number of nitrogens with one attached hydrogen (secondary N) is 1. The van der Waals surface area contributed by atoms with Crippen LogP contribution in [0.25, 0.3) is 10.9 Å². The summed E-state index contributed by atoms with van der Waals surface area (Å²) in [5, 5.41) is 15.0. The van der Waals surface area contributed by atoms with E-state index in [1.54, 1.807) is 18.2 Å². The van der Waals surface area contributed by atoms with E-state index in [4.69, 9.17) is 0 Å². The molecule has 0 aliphatic heterocycles. The Morgan fingerprint density at radius 3 is 2.78 bits per heavy atom. The van der Waals surface area contributed by atoms with Crippen molar-refractivity contribution in [3.05, 3.63) is 65.4 Å². The third-order valence-corrected chi connectivity index (χ3v) is 5.18. The number of rotatable bonds is 5. The van der Waals surface area contributed by atoms with Gasteiger partial charge in [-0.15, -0.1) is 0 Å². The van der Waals surface area contributed by atoms with Crippen LogP contribution in [0.5, 0.6) is 5.75 Å². The van der Waals surface area contributed by atoms with Crippen LogP contribution in [0.4, 0.5) is 0 Å². The molecule has 0 bridgehead atoms. The Hall–Kier alpha value is -3.08. The molecule has 138 valence electrons. The number of hydrogen-bond donors (Lipinski definition) is 2. The Morgan fingerprint density at radius 1 is 1.11 bits per heavy atom. The van der Waals surface area contributed by atoms with E-state index in [2.05, 4.69) is 39.4 Å². The molecule has 5 heteroatoms. The molecular formula is C22H23N3O2. The zero-order valence-electron chi connectivity index (χ0n) is 15.2. The molecule has 0 spiro atoms. The summed E-state index contributed by atoms with van der Waals surface area (Å²) in [5.74, 6) is 0.00458. The van der Waals surface area contributed by atoms with Gasteiger partial charge in [-0.25, -0.2) is 5.43 Å². The number of carbonyl (C=O) groups is 1. The van der Waals surface area contributed by atoms with Crippen LogP contribution in [0.1, 0.15) is 36.1 Å². The van der Waals surface area contributed by atoms with E-state index < -0.39 is 0 Å². The number of carbonyl (C=O) groups excluding carboxylic acids is 1. The third-order valence-electron chi connectivity index (χ3n) is 5.18. The van der Waals surface area contributed by atoms with Crippen molar-refractivity contribution in [1.82, 2.24) is 9.99 Å². The summed E-state index contributed by atoms with van der Waals surface area (Å²) < 4.78 is 2.30. The maximum absolute atomic E-state index is 12.2. The highest BCUT2D eigenvalue weighted by atomic mass is 16.3. The second kappa shape index (κ2) is 7.66. The Kier molecular flexibility index (Phi) is 4.92. The van der Waals surface area contributed by atoms with E-state index in [0.29, 0.717) is 18.5 Å². The van der Waals surface area contributed by atoms with Crippen molar-refractivity contribution in [3.63, 3.8) is 0 Å². The van der Waals surface area contributed by atoms with Crippen LogP contribution in [0, 0.1) is 0 Å². The molecule has 1 aliphatic rings. The molecule has 1 aliphatic carbocycles. The fraction of sp³-hybridized carbons (Fsp3) is 0.273. The van der Waals surface area contributed by atoms with Crippen LogP contribution < -0.4 is 5.43 Å². The number of phenolic OH excluding ortho intramolecular Hbond substituents is 1. The van der Waals surface area contributed by atoms with Gasteiger partial charge in [-0.3, -0.25) is 4.79 Å². The minimum Gasteiger partial charge on any atom is -0.507 e. The zero-order chi connectivity index (χ0) is 18.6. The standard InChI is InChI=1S/C22H23N3O2/c26-21-12-6-1-7-16(21)15-23-24-22(27)13-14-25-19-10-4-2-8-17(19)18-9-3-5-11-20(18)25/h1-2,4,6-8,10,12,15,26H,3,5,9,11,13-14H2,(H,24,27)/b23-15-. The smallest absolute Gasteiger partial charge is 0.241 e. The van der Waals surface area contributed by atoms with Crippen molar-refractivity contribution >= 4 is 23.0 Å². The average Bonchev–Trinajstić information content (AvgIpc) is 3.02. The summed E-state index contributed by atoms with van der Waals surface area (Å²) in [5.41, 5.74) is 7.18. The lowest BCUT2D eigenvalue weighted by atomic mass is 9.95. The number of hydrazone groups is 1. The van der Waals surface area contributed by atoms with Crippen LogP contribution in [0.3, 0.4) is 0 Å². The van der Waals surface area contributed by atoms with Gasteiger partial charge in [-0.1, -0.05) is 30.3 Å². The predicted octanol–water partition coefficient (Wildman–Crippen LogP) is 3.77. The second-order valence-corrected chi connectivity index (χ2v) is 6.90. The Bertz CT molecular complexity index is 1000. The first-order chi connectivity index (χ1) is 13.2. The van der Waals surface area contributed by atoms with Crippen molar-refractivity contribution in [2.24, 2.45) is 5.10 Å². The summed E-state index contributed by atoms with van der Waals surface area (Å²) >= 11 is 0. The largest absolute Gasteiger partial charge is 0.507 e. The molecule has 3 aromatic rings. The van der Waals surface area contributed by atoms with Crippen molar-refractivity contribution < 1.29 is 9.90 Å². The van der Waals surface area contributed by atoms with Crippen LogP contribution >= 0.6 is 0 Å². The quantitative estimate of drug-likeness (QED) is 0.537. The number of benzene rings is 2. The minimum atomic E-state index is -0.135. The van der Waals surface area contributed by atoms with Gasteiger partial charge in [0, 0.05) is 35.1 Å². The SMILES string of the molecule is O=C(CCn1c2c(c3ccccc31)CCCC2)N/N=C\c1ccccc1O. The van der Waals surface area contributed by atoms with E-state index in [-0.39, 0.29) is 11.7 Å². The van der Waals surface area contributed by atoms with Gasteiger partial charge in [-0.05, 0) is 49.4 Å². The molecule has 5 nitrogen and oxygen atoms in total.